The molecule has 7 nitrogen and oxygen atoms in total. The molecule has 1 aliphatic heterocycles. The highest BCUT2D eigenvalue weighted by atomic mass is 32.2. The fourth-order valence-electron chi connectivity index (χ4n) is 3.77. The number of hydrogen-bond donors (Lipinski definition) is 0. The van der Waals surface area contributed by atoms with Crippen molar-refractivity contribution in [2.75, 3.05) is 43.9 Å². The summed E-state index contributed by atoms with van der Waals surface area (Å²) in [6, 6.07) is 14.3. The van der Waals surface area contributed by atoms with Crippen molar-refractivity contribution in [2.45, 2.75) is 11.7 Å². The number of benzene rings is 2. The smallest absolute Gasteiger partial charge is 0.233 e. The van der Waals surface area contributed by atoms with Crippen molar-refractivity contribution < 1.29 is 13.9 Å². The maximum atomic E-state index is 14.0. The van der Waals surface area contributed by atoms with E-state index in [0.717, 1.165) is 11.3 Å². The Morgan fingerprint density at radius 3 is 2.52 bits per heavy atom. The van der Waals surface area contributed by atoms with Crippen molar-refractivity contribution in [2.24, 2.45) is 0 Å². The van der Waals surface area contributed by atoms with Gasteiger partial charge in [-0.1, -0.05) is 30.0 Å². The van der Waals surface area contributed by atoms with Crippen LogP contribution < -0.4 is 9.64 Å². The topological polar surface area (TPSA) is 63.5 Å². The summed E-state index contributed by atoms with van der Waals surface area (Å²) in [5.41, 5.74) is 1.50. The Labute approximate surface area is 196 Å². The van der Waals surface area contributed by atoms with Crippen molar-refractivity contribution in [1.29, 1.82) is 0 Å². The van der Waals surface area contributed by atoms with E-state index >= 15 is 0 Å². The summed E-state index contributed by atoms with van der Waals surface area (Å²) in [5, 5.41) is 9.31. The van der Waals surface area contributed by atoms with Crippen LogP contribution in [0.4, 0.5) is 10.1 Å². The average Bonchev–Trinajstić information content (AvgIpc) is 3.25. The quantitative estimate of drug-likeness (QED) is 0.372. The molecular formula is C24H26FN5O2S. The van der Waals surface area contributed by atoms with E-state index in [4.69, 9.17) is 4.74 Å². The zero-order chi connectivity index (χ0) is 23.2. The molecule has 0 atom stereocenters. The number of ether oxygens (including phenoxy) is 1. The molecule has 0 unspecified atom stereocenters. The highest BCUT2D eigenvalue weighted by Gasteiger charge is 2.23. The zero-order valence-corrected chi connectivity index (χ0v) is 19.3. The Morgan fingerprint density at radius 2 is 1.85 bits per heavy atom. The standard InChI is InChI=1S/C24H26FN5O2S/c1-3-12-30-23(18-8-10-19(32-2)11-9-18)26-27-24(30)33-17-22(31)29-15-13-28(14-16-29)21-7-5-4-6-20(21)25/h3-11H,1,12-17H2,2H3. The molecule has 33 heavy (non-hydrogen) atoms. The lowest BCUT2D eigenvalue weighted by molar-refractivity contribution is -0.128. The van der Waals surface area contributed by atoms with Crippen LogP contribution in [-0.2, 0) is 11.3 Å². The monoisotopic (exact) mass is 467 g/mol. The number of para-hydroxylation sites is 1. The number of thioether (sulfide) groups is 1. The van der Waals surface area contributed by atoms with Gasteiger partial charge in [0.2, 0.25) is 5.91 Å². The molecule has 1 saturated heterocycles. The van der Waals surface area contributed by atoms with Crippen molar-refractivity contribution in [3.05, 3.63) is 67.0 Å². The number of nitrogens with zero attached hydrogens (tertiary/aromatic N) is 5. The van der Waals surface area contributed by atoms with E-state index in [1.54, 1.807) is 25.3 Å². The van der Waals surface area contributed by atoms with Crippen molar-refractivity contribution in [3.8, 4) is 17.1 Å². The number of aromatic nitrogens is 3. The van der Waals surface area contributed by atoms with Gasteiger partial charge in [0, 0.05) is 38.3 Å². The summed E-state index contributed by atoms with van der Waals surface area (Å²) in [6.07, 6.45) is 1.78. The van der Waals surface area contributed by atoms with Gasteiger partial charge in [0.25, 0.3) is 0 Å². The van der Waals surface area contributed by atoms with E-state index in [0.29, 0.717) is 49.4 Å². The van der Waals surface area contributed by atoms with E-state index in [9.17, 15) is 9.18 Å². The number of allylic oxidation sites excluding steroid dienone is 1. The Hall–Kier alpha value is -3.33. The predicted octanol–water partition coefficient (Wildman–Crippen LogP) is 3.72. The number of carbonyl (C=O) groups is 1. The highest BCUT2D eigenvalue weighted by molar-refractivity contribution is 7.99. The second-order valence-corrected chi connectivity index (χ2v) is 8.48. The van der Waals surface area contributed by atoms with E-state index in [1.807, 2.05) is 44.7 Å². The fraction of sp³-hybridized carbons (Fsp3) is 0.292. The molecule has 0 radical (unpaired) electrons. The lowest BCUT2D eigenvalue weighted by atomic mass is 10.2. The second-order valence-electron chi connectivity index (χ2n) is 7.54. The van der Waals surface area contributed by atoms with Gasteiger partial charge in [-0.05, 0) is 36.4 Å². The van der Waals surface area contributed by atoms with Crippen molar-refractivity contribution in [3.63, 3.8) is 0 Å². The van der Waals surface area contributed by atoms with Crippen LogP contribution in [0.15, 0.2) is 66.3 Å². The molecule has 0 aliphatic carbocycles. The van der Waals surface area contributed by atoms with E-state index in [-0.39, 0.29) is 17.5 Å². The Morgan fingerprint density at radius 1 is 1.12 bits per heavy atom. The Bertz CT molecular complexity index is 1110. The first-order chi connectivity index (χ1) is 16.1. The molecule has 2 heterocycles. The highest BCUT2D eigenvalue weighted by Crippen LogP contribution is 2.26. The molecule has 4 rings (SSSR count). The van der Waals surface area contributed by atoms with Crippen LogP contribution in [0.3, 0.4) is 0 Å². The maximum Gasteiger partial charge on any atom is 0.233 e. The predicted molar refractivity (Wildman–Crippen MR) is 128 cm³/mol. The van der Waals surface area contributed by atoms with Crippen LogP contribution in [0.2, 0.25) is 0 Å². The molecule has 0 saturated carbocycles. The number of methoxy groups -OCH3 is 1. The minimum absolute atomic E-state index is 0.0346. The molecule has 172 valence electrons. The number of amides is 1. The molecular weight excluding hydrogens is 441 g/mol. The van der Waals surface area contributed by atoms with Gasteiger partial charge in [0.15, 0.2) is 11.0 Å². The van der Waals surface area contributed by atoms with E-state index in [1.165, 1.54) is 17.8 Å². The maximum absolute atomic E-state index is 14.0. The number of hydrogen-bond acceptors (Lipinski definition) is 6. The van der Waals surface area contributed by atoms with Gasteiger partial charge in [-0.3, -0.25) is 9.36 Å². The SMILES string of the molecule is C=CCn1c(SCC(=O)N2CCN(c3ccccc3F)CC2)nnc1-c1ccc(OC)cc1. The zero-order valence-electron chi connectivity index (χ0n) is 18.5. The van der Waals surface area contributed by atoms with Gasteiger partial charge in [-0.2, -0.15) is 0 Å². The summed E-state index contributed by atoms with van der Waals surface area (Å²) in [5.74, 6) is 1.54. The number of halogens is 1. The van der Waals surface area contributed by atoms with Gasteiger partial charge >= 0.3 is 0 Å². The third kappa shape index (κ3) is 5.19. The Kier molecular flexibility index (Phi) is 7.29. The van der Waals surface area contributed by atoms with Gasteiger partial charge < -0.3 is 14.5 Å². The summed E-state index contributed by atoms with van der Waals surface area (Å²) in [4.78, 5) is 16.6. The molecule has 9 heteroatoms. The molecule has 2 aromatic carbocycles. The van der Waals surface area contributed by atoms with Crippen LogP contribution in [-0.4, -0.2) is 64.6 Å². The normalized spacial score (nSPS) is 13.8. The minimum atomic E-state index is -0.234. The molecule has 3 aromatic rings. The lowest BCUT2D eigenvalue weighted by Crippen LogP contribution is -2.49. The molecule has 1 aliphatic rings. The third-order valence-electron chi connectivity index (χ3n) is 5.53. The molecule has 0 bridgehead atoms. The molecule has 0 spiro atoms. The van der Waals surface area contributed by atoms with E-state index in [2.05, 4.69) is 16.8 Å². The molecule has 0 N–H and O–H groups in total. The van der Waals surface area contributed by atoms with Crippen molar-refractivity contribution >= 4 is 23.4 Å². The van der Waals surface area contributed by atoms with Crippen LogP contribution in [0.5, 0.6) is 5.75 Å². The molecule has 1 aromatic heterocycles. The number of rotatable bonds is 8. The third-order valence-corrected chi connectivity index (χ3v) is 6.48. The number of anilines is 1. The van der Waals surface area contributed by atoms with Crippen LogP contribution in [0, 0.1) is 5.82 Å². The largest absolute Gasteiger partial charge is 0.497 e. The number of piperazine rings is 1. The average molecular weight is 468 g/mol. The van der Waals surface area contributed by atoms with Crippen LogP contribution >= 0.6 is 11.8 Å². The molecule has 1 amide bonds. The minimum Gasteiger partial charge on any atom is -0.497 e. The summed E-state index contributed by atoms with van der Waals surface area (Å²) >= 11 is 1.36. The Balaban J connectivity index is 1.38. The lowest BCUT2D eigenvalue weighted by Gasteiger charge is -2.36. The second kappa shape index (κ2) is 10.5. The first-order valence-electron chi connectivity index (χ1n) is 10.7. The first-order valence-corrected chi connectivity index (χ1v) is 11.7. The summed E-state index contributed by atoms with van der Waals surface area (Å²) < 4.78 is 21.2. The van der Waals surface area contributed by atoms with Crippen LogP contribution in [0.1, 0.15) is 0 Å². The van der Waals surface area contributed by atoms with E-state index < -0.39 is 0 Å². The van der Waals surface area contributed by atoms with Crippen LogP contribution in [0.25, 0.3) is 11.4 Å². The molecule has 1 fully saturated rings. The van der Waals surface area contributed by atoms with Gasteiger partial charge in [-0.15, -0.1) is 16.8 Å². The fourth-order valence-corrected chi connectivity index (χ4v) is 4.62. The van der Waals surface area contributed by atoms with Crippen molar-refractivity contribution in [1.82, 2.24) is 19.7 Å². The summed E-state index contributed by atoms with van der Waals surface area (Å²) in [7, 11) is 1.63. The first kappa shape index (κ1) is 22.8. The van der Waals surface area contributed by atoms with Gasteiger partial charge in [0.1, 0.15) is 11.6 Å². The van der Waals surface area contributed by atoms with Gasteiger partial charge in [-0.25, -0.2) is 4.39 Å². The summed E-state index contributed by atoms with van der Waals surface area (Å²) in [6.45, 7) is 6.69. The van der Waals surface area contributed by atoms with Gasteiger partial charge in [0.05, 0.1) is 18.6 Å². The number of carbonyl (C=O) groups excluding carboxylic acids is 1.